The van der Waals surface area contributed by atoms with E-state index in [0.717, 1.165) is 0 Å². The van der Waals surface area contributed by atoms with Gasteiger partial charge in [-0.3, -0.25) is 0 Å². The number of halogens is 1. The smallest absolute Gasteiger partial charge is 0.224 e. The quantitative estimate of drug-likeness (QED) is 0.414. The van der Waals surface area contributed by atoms with Crippen LogP contribution in [0.1, 0.15) is 0 Å². The summed E-state index contributed by atoms with van der Waals surface area (Å²) in [6.07, 6.45) is 0. The lowest BCUT2D eigenvalue weighted by Crippen LogP contribution is -2.05. The van der Waals surface area contributed by atoms with E-state index in [1.165, 1.54) is 0 Å². The molecule has 6 N–H and O–H groups in total. The summed E-state index contributed by atoms with van der Waals surface area (Å²) in [6, 6.07) is 13.2. The standard InChI is InChI=1S/C18H14N6O2.ClH/c19-16-15-17(24-18(20)23-16)22-14(10-4-2-6-12(26)8-10)13(21-15)9-3-1-5-11(25)7-9;/h1-8,25-26H,(H4,19,20,22,23,24);1H. The van der Waals surface area contributed by atoms with E-state index in [0.29, 0.717) is 28.0 Å². The normalized spacial score (nSPS) is 10.5. The van der Waals surface area contributed by atoms with Crippen LogP contribution >= 0.6 is 12.4 Å². The summed E-state index contributed by atoms with van der Waals surface area (Å²) in [5.41, 5.74) is 14.3. The second kappa shape index (κ2) is 6.93. The number of hydrogen-bond acceptors (Lipinski definition) is 8. The molecule has 0 bridgehead atoms. The number of phenolic OH excluding ortho intramolecular Hbond substituents is 2. The van der Waals surface area contributed by atoms with Crippen molar-refractivity contribution < 1.29 is 10.2 Å². The molecule has 0 aliphatic heterocycles. The largest absolute Gasteiger partial charge is 0.508 e. The highest BCUT2D eigenvalue weighted by Crippen LogP contribution is 2.34. The van der Waals surface area contributed by atoms with Crippen LogP contribution in [0.15, 0.2) is 48.5 Å². The van der Waals surface area contributed by atoms with Crippen LogP contribution in [0.5, 0.6) is 11.5 Å². The van der Waals surface area contributed by atoms with Crippen molar-refractivity contribution in [2.75, 3.05) is 11.5 Å². The summed E-state index contributed by atoms with van der Waals surface area (Å²) in [5, 5.41) is 19.7. The first-order chi connectivity index (χ1) is 12.5. The minimum absolute atomic E-state index is 0. The van der Waals surface area contributed by atoms with E-state index in [1.54, 1.807) is 48.5 Å². The first-order valence-corrected chi connectivity index (χ1v) is 7.71. The number of anilines is 2. The Balaban J connectivity index is 0.00000210. The van der Waals surface area contributed by atoms with E-state index in [-0.39, 0.29) is 41.3 Å². The number of nitrogens with zero attached hydrogens (tertiary/aromatic N) is 4. The van der Waals surface area contributed by atoms with Gasteiger partial charge in [-0.05, 0) is 24.3 Å². The van der Waals surface area contributed by atoms with Crippen LogP contribution in [0.4, 0.5) is 11.8 Å². The van der Waals surface area contributed by atoms with E-state index in [9.17, 15) is 10.2 Å². The zero-order valence-corrected chi connectivity index (χ0v) is 14.7. The molecule has 2 heterocycles. The fourth-order valence-electron chi connectivity index (χ4n) is 2.70. The van der Waals surface area contributed by atoms with Gasteiger partial charge < -0.3 is 21.7 Å². The number of fused-ring (bicyclic) bond motifs is 1. The zero-order chi connectivity index (χ0) is 18.3. The summed E-state index contributed by atoms with van der Waals surface area (Å²) < 4.78 is 0. The Morgan fingerprint density at radius 3 is 1.81 bits per heavy atom. The number of nitrogens with two attached hydrogens (primary N) is 2. The summed E-state index contributed by atoms with van der Waals surface area (Å²) in [6.45, 7) is 0. The Hall–Kier alpha value is -3.65. The molecule has 4 aromatic rings. The van der Waals surface area contributed by atoms with Crippen LogP contribution in [0.25, 0.3) is 33.7 Å². The highest BCUT2D eigenvalue weighted by atomic mass is 35.5. The lowest BCUT2D eigenvalue weighted by atomic mass is 10.0. The van der Waals surface area contributed by atoms with Crippen LogP contribution in [-0.4, -0.2) is 30.1 Å². The van der Waals surface area contributed by atoms with Gasteiger partial charge in [-0.2, -0.15) is 9.97 Å². The van der Waals surface area contributed by atoms with Gasteiger partial charge in [-0.15, -0.1) is 12.4 Å². The second-order valence-corrected chi connectivity index (χ2v) is 5.66. The maximum Gasteiger partial charge on any atom is 0.224 e. The molecule has 0 amide bonds. The lowest BCUT2D eigenvalue weighted by molar-refractivity contribution is 0.475. The van der Waals surface area contributed by atoms with Crippen LogP contribution in [-0.2, 0) is 0 Å². The average Bonchev–Trinajstić information content (AvgIpc) is 2.60. The maximum atomic E-state index is 9.83. The molecule has 9 heteroatoms. The molecule has 0 saturated carbocycles. The highest BCUT2D eigenvalue weighted by molar-refractivity contribution is 5.89. The topological polar surface area (TPSA) is 144 Å². The fraction of sp³-hybridized carbons (Fsp3) is 0. The predicted octanol–water partition coefficient (Wildman–Crippen LogP) is 2.75. The molecule has 0 aliphatic carbocycles. The Morgan fingerprint density at radius 1 is 0.704 bits per heavy atom. The maximum absolute atomic E-state index is 9.83. The monoisotopic (exact) mass is 382 g/mol. The predicted molar refractivity (Wildman–Crippen MR) is 105 cm³/mol. The molecule has 4 rings (SSSR count). The number of aromatic hydroxyl groups is 2. The van der Waals surface area contributed by atoms with Crippen molar-refractivity contribution >= 4 is 35.3 Å². The number of benzene rings is 2. The van der Waals surface area contributed by atoms with E-state index in [4.69, 9.17) is 11.5 Å². The van der Waals surface area contributed by atoms with E-state index in [2.05, 4.69) is 19.9 Å². The molecule has 136 valence electrons. The summed E-state index contributed by atoms with van der Waals surface area (Å²) >= 11 is 0. The van der Waals surface area contributed by atoms with Crippen molar-refractivity contribution in [2.45, 2.75) is 0 Å². The second-order valence-electron chi connectivity index (χ2n) is 5.66. The number of hydrogen-bond donors (Lipinski definition) is 4. The third kappa shape index (κ3) is 3.38. The number of phenols is 2. The number of aromatic nitrogens is 4. The van der Waals surface area contributed by atoms with Crippen LogP contribution < -0.4 is 11.5 Å². The Kier molecular flexibility index (Phi) is 4.66. The van der Waals surface area contributed by atoms with Gasteiger partial charge >= 0.3 is 0 Å². The third-order valence-electron chi connectivity index (χ3n) is 3.81. The van der Waals surface area contributed by atoms with Crippen molar-refractivity contribution in [1.29, 1.82) is 0 Å². The molecule has 2 aromatic carbocycles. The van der Waals surface area contributed by atoms with Gasteiger partial charge in [0.2, 0.25) is 5.95 Å². The third-order valence-corrected chi connectivity index (χ3v) is 3.81. The first kappa shape index (κ1) is 18.2. The summed E-state index contributed by atoms with van der Waals surface area (Å²) in [7, 11) is 0. The summed E-state index contributed by atoms with van der Waals surface area (Å²) in [5.74, 6) is 0.292. The van der Waals surface area contributed by atoms with Crippen LogP contribution in [0.2, 0.25) is 0 Å². The highest BCUT2D eigenvalue weighted by Gasteiger charge is 2.17. The van der Waals surface area contributed by atoms with Crippen molar-refractivity contribution in [1.82, 2.24) is 19.9 Å². The molecule has 0 unspecified atom stereocenters. The molecule has 0 aliphatic rings. The van der Waals surface area contributed by atoms with E-state index >= 15 is 0 Å². The molecule has 8 nitrogen and oxygen atoms in total. The molecule has 0 radical (unpaired) electrons. The van der Waals surface area contributed by atoms with Gasteiger partial charge in [-0.1, -0.05) is 24.3 Å². The van der Waals surface area contributed by atoms with Gasteiger partial charge in [0.25, 0.3) is 0 Å². The molecular formula is C18H15ClN6O2. The zero-order valence-electron chi connectivity index (χ0n) is 13.9. The van der Waals surface area contributed by atoms with Crippen LogP contribution in [0, 0.1) is 0 Å². The molecular weight excluding hydrogens is 368 g/mol. The van der Waals surface area contributed by atoms with Gasteiger partial charge in [0.15, 0.2) is 17.0 Å². The minimum Gasteiger partial charge on any atom is -0.508 e. The van der Waals surface area contributed by atoms with Gasteiger partial charge in [0.1, 0.15) is 11.5 Å². The Morgan fingerprint density at radius 2 is 1.26 bits per heavy atom. The van der Waals surface area contributed by atoms with Crippen LogP contribution in [0.3, 0.4) is 0 Å². The van der Waals surface area contributed by atoms with Crippen molar-refractivity contribution in [2.24, 2.45) is 0 Å². The fourth-order valence-corrected chi connectivity index (χ4v) is 2.70. The summed E-state index contributed by atoms with van der Waals surface area (Å²) in [4.78, 5) is 17.1. The lowest BCUT2D eigenvalue weighted by Gasteiger charge is -2.11. The molecule has 0 saturated heterocycles. The van der Waals surface area contributed by atoms with E-state index in [1.807, 2.05) is 0 Å². The number of nitrogen functional groups attached to an aromatic ring is 2. The minimum atomic E-state index is -0.00346. The molecule has 2 aromatic heterocycles. The Labute approximate surface area is 160 Å². The molecule has 27 heavy (non-hydrogen) atoms. The molecule has 0 atom stereocenters. The van der Waals surface area contributed by atoms with Gasteiger partial charge in [0.05, 0.1) is 11.4 Å². The van der Waals surface area contributed by atoms with Crippen molar-refractivity contribution in [3.8, 4) is 34.0 Å². The van der Waals surface area contributed by atoms with Gasteiger partial charge in [-0.25, -0.2) is 9.97 Å². The van der Waals surface area contributed by atoms with Gasteiger partial charge in [0, 0.05) is 11.1 Å². The average molecular weight is 383 g/mol. The number of rotatable bonds is 2. The van der Waals surface area contributed by atoms with Crippen molar-refractivity contribution in [3.05, 3.63) is 48.5 Å². The molecule has 0 spiro atoms. The van der Waals surface area contributed by atoms with E-state index < -0.39 is 0 Å². The molecule has 0 fully saturated rings. The van der Waals surface area contributed by atoms with Crippen molar-refractivity contribution in [3.63, 3.8) is 0 Å². The first-order valence-electron chi connectivity index (χ1n) is 7.71. The SMILES string of the molecule is Cl.Nc1nc(N)c2nc(-c3cccc(O)c3)c(-c3cccc(O)c3)nc2n1. The Bertz CT molecular complexity index is 1150.